The standard InChI is InChI=1S/C26H29N5O2S/c1-16-9-11-20(12-10-16)27-26(34)30(15-22-18(3)28-29(5)19(22)4)23-14-24(32)31(25(23)33)21-8-6-7-17(2)13-21/h6-13,23H,14-15H2,1-5H3,(H,27,34)/t23-/m0/s1. The number of nitrogens with one attached hydrogen (secondary N) is 1. The molecular formula is C26H29N5O2S. The van der Waals surface area contributed by atoms with Crippen molar-refractivity contribution in [1.29, 1.82) is 0 Å². The Morgan fingerprint density at radius 3 is 2.41 bits per heavy atom. The van der Waals surface area contributed by atoms with Crippen molar-refractivity contribution in [3.63, 3.8) is 0 Å². The summed E-state index contributed by atoms with van der Waals surface area (Å²) >= 11 is 5.79. The minimum absolute atomic E-state index is 0.0564. The van der Waals surface area contributed by atoms with E-state index in [-0.39, 0.29) is 18.2 Å². The third-order valence-corrected chi connectivity index (χ3v) is 6.65. The molecule has 1 N–H and O–H groups in total. The SMILES string of the molecule is Cc1ccc(NC(=S)N(Cc2c(C)nn(C)c2C)[C@H]2CC(=O)N(c3cccc(C)c3)C2=O)cc1. The van der Waals surface area contributed by atoms with Crippen molar-refractivity contribution in [2.45, 2.75) is 46.7 Å². The van der Waals surface area contributed by atoms with Crippen LogP contribution >= 0.6 is 12.2 Å². The van der Waals surface area contributed by atoms with Gasteiger partial charge in [0.25, 0.3) is 5.91 Å². The van der Waals surface area contributed by atoms with E-state index in [1.807, 2.05) is 86.8 Å². The van der Waals surface area contributed by atoms with E-state index in [1.165, 1.54) is 4.90 Å². The molecule has 7 nitrogen and oxygen atoms in total. The van der Waals surface area contributed by atoms with Gasteiger partial charge in [0.05, 0.1) is 17.8 Å². The van der Waals surface area contributed by atoms with Crippen LogP contribution in [0.1, 0.15) is 34.5 Å². The predicted molar refractivity (Wildman–Crippen MR) is 138 cm³/mol. The molecule has 1 aromatic heterocycles. The molecule has 0 spiro atoms. The summed E-state index contributed by atoms with van der Waals surface area (Å²) in [6.07, 6.45) is 0.0564. The quantitative estimate of drug-likeness (QED) is 0.441. The zero-order valence-electron chi connectivity index (χ0n) is 20.1. The molecule has 1 aliphatic heterocycles. The van der Waals surface area contributed by atoms with Gasteiger partial charge in [0.15, 0.2) is 5.11 Å². The molecule has 34 heavy (non-hydrogen) atoms. The number of nitrogens with zero attached hydrogens (tertiary/aromatic N) is 4. The van der Waals surface area contributed by atoms with Gasteiger partial charge in [-0.25, -0.2) is 4.90 Å². The molecule has 4 rings (SSSR count). The lowest BCUT2D eigenvalue weighted by Crippen LogP contribution is -2.46. The van der Waals surface area contributed by atoms with E-state index in [0.29, 0.717) is 17.3 Å². The van der Waals surface area contributed by atoms with Crippen LogP contribution in [0.5, 0.6) is 0 Å². The molecule has 1 saturated heterocycles. The van der Waals surface area contributed by atoms with Crippen LogP contribution in [0.25, 0.3) is 0 Å². The Kier molecular flexibility index (Phi) is 6.52. The Bertz CT molecular complexity index is 1260. The lowest BCUT2D eigenvalue weighted by molar-refractivity contribution is -0.122. The van der Waals surface area contributed by atoms with Crippen molar-refractivity contribution in [1.82, 2.24) is 14.7 Å². The molecule has 176 valence electrons. The number of benzene rings is 2. The van der Waals surface area contributed by atoms with Crippen molar-refractivity contribution in [2.24, 2.45) is 7.05 Å². The number of carbonyl (C=O) groups excluding carboxylic acids is 2. The van der Waals surface area contributed by atoms with Gasteiger partial charge in [-0.2, -0.15) is 5.10 Å². The first-order chi connectivity index (χ1) is 16.2. The maximum absolute atomic E-state index is 13.6. The van der Waals surface area contributed by atoms with Crippen LogP contribution in [0.2, 0.25) is 0 Å². The molecule has 1 fully saturated rings. The molecule has 1 aliphatic rings. The third kappa shape index (κ3) is 4.59. The van der Waals surface area contributed by atoms with Crippen molar-refractivity contribution >= 4 is 40.5 Å². The largest absolute Gasteiger partial charge is 0.333 e. The van der Waals surface area contributed by atoms with Crippen LogP contribution in [0, 0.1) is 27.7 Å². The topological polar surface area (TPSA) is 70.5 Å². The smallest absolute Gasteiger partial charge is 0.257 e. The normalized spacial score (nSPS) is 15.7. The molecule has 8 heteroatoms. The predicted octanol–water partition coefficient (Wildman–Crippen LogP) is 4.18. The lowest BCUT2D eigenvalue weighted by atomic mass is 10.1. The van der Waals surface area contributed by atoms with E-state index in [1.54, 1.807) is 6.07 Å². The first-order valence-electron chi connectivity index (χ1n) is 11.2. The van der Waals surface area contributed by atoms with E-state index < -0.39 is 6.04 Å². The fourth-order valence-corrected chi connectivity index (χ4v) is 4.58. The molecule has 3 aromatic rings. The van der Waals surface area contributed by atoms with E-state index in [2.05, 4.69) is 10.4 Å². The first-order valence-corrected chi connectivity index (χ1v) is 11.6. The highest BCUT2D eigenvalue weighted by atomic mass is 32.1. The molecule has 2 aromatic carbocycles. The molecule has 0 radical (unpaired) electrons. The molecule has 2 heterocycles. The summed E-state index contributed by atoms with van der Waals surface area (Å²) in [5, 5.41) is 8.17. The lowest BCUT2D eigenvalue weighted by Gasteiger charge is -2.30. The summed E-state index contributed by atoms with van der Waals surface area (Å²) in [7, 11) is 1.89. The van der Waals surface area contributed by atoms with Crippen LogP contribution in [-0.4, -0.2) is 37.6 Å². The van der Waals surface area contributed by atoms with Crippen molar-refractivity contribution in [3.05, 3.63) is 76.6 Å². The van der Waals surface area contributed by atoms with E-state index in [9.17, 15) is 9.59 Å². The number of aromatic nitrogens is 2. The van der Waals surface area contributed by atoms with Crippen molar-refractivity contribution < 1.29 is 9.59 Å². The van der Waals surface area contributed by atoms with Gasteiger partial charge in [-0.15, -0.1) is 0 Å². The average Bonchev–Trinajstić information content (AvgIpc) is 3.21. The van der Waals surface area contributed by atoms with Crippen molar-refractivity contribution in [3.8, 4) is 0 Å². The van der Waals surface area contributed by atoms with Gasteiger partial charge in [0.2, 0.25) is 5.91 Å². The molecule has 0 aliphatic carbocycles. The fraction of sp³-hybridized carbons (Fsp3) is 0.308. The second kappa shape index (κ2) is 9.38. The second-order valence-corrected chi connectivity index (χ2v) is 9.21. The summed E-state index contributed by atoms with van der Waals surface area (Å²) in [6, 6.07) is 14.6. The third-order valence-electron chi connectivity index (χ3n) is 6.31. The first kappa shape index (κ1) is 23.6. The zero-order valence-corrected chi connectivity index (χ0v) is 20.9. The number of imide groups is 1. The Hall–Kier alpha value is -3.52. The number of amides is 2. The molecule has 2 amide bonds. The highest BCUT2D eigenvalue weighted by molar-refractivity contribution is 7.80. The highest BCUT2D eigenvalue weighted by Gasteiger charge is 2.44. The molecule has 0 saturated carbocycles. The summed E-state index contributed by atoms with van der Waals surface area (Å²) in [5.41, 5.74) is 6.39. The molecule has 1 atom stereocenters. The summed E-state index contributed by atoms with van der Waals surface area (Å²) in [4.78, 5) is 29.7. The minimum atomic E-state index is -0.711. The van der Waals surface area contributed by atoms with Crippen LogP contribution in [0.3, 0.4) is 0 Å². The van der Waals surface area contributed by atoms with Crippen LogP contribution < -0.4 is 10.2 Å². The maximum Gasteiger partial charge on any atom is 0.257 e. The molecule has 0 bridgehead atoms. The zero-order chi connectivity index (χ0) is 24.6. The number of hydrogen-bond donors (Lipinski definition) is 1. The van der Waals surface area contributed by atoms with Gasteiger partial charge in [-0.05, 0) is 69.7 Å². The van der Waals surface area contributed by atoms with Gasteiger partial charge in [-0.3, -0.25) is 14.3 Å². The number of hydrogen-bond acceptors (Lipinski definition) is 4. The fourth-order valence-electron chi connectivity index (χ4n) is 4.27. The van der Waals surface area contributed by atoms with Gasteiger partial charge in [0.1, 0.15) is 6.04 Å². The van der Waals surface area contributed by atoms with Crippen LogP contribution in [0.15, 0.2) is 48.5 Å². The number of anilines is 2. The van der Waals surface area contributed by atoms with Crippen LogP contribution in [-0.2, 0) is 23.2 Å². The molecule has 0 unspecified atom stereocenters. The summed E-state index contributed by atoms with van der Waals surface area (Å²) < 4.78 is 1.82. The Balaban J connectivity index is 1.68. The van der Waals surface area contributed by atoms with Gasteiger partial charge in [-0.1, -0.05) is 29.8 Å². The summed E-state index contributed by atoms with van der Waals surface area (Å²) in [5.74, 6) is -0.508. The monoisotopic (exact) mass is 475 g/mol. The minimum Gasteiger partial charge on any atom is -0.333 e. The number of thiocarbonyl (C=S) groups is 1. The van der Waals surface area contributed by atoms with E-state index >= 15 is 0 Å². The number of aryl methyl sites for hydroxylation is 4. The Morgan fingerprint density at radius 2 is 1.79 bits per heavy atom. The van der Waals surface area contributed by atoms with E-state index in [0.717, 1.165) is 33.8 Å². The maximum atomic E-state index is 13.6. The van der Waals surface area contributed by atoms with Gasteiger partial charge < -0.3 is 10.2 Å². The number of rotatable bonds is 5. The Labute approximate surface area is 205 Å². The highest BCUT2D eigenvalue weighted by Crippen LogP contribution is 2.29. The average molecular weight is 476 g/mol. The van der Waals surface area contributed by atoms with Gasteiger partial charge in [0, 0.05) is 30.5 Å². The van der Waals surface area contributed by atoms with Crippen LogP contribution in [0.4, 0.5) is 11.4 Å². The molecular weight excluding hydrogens is 446 g/mol. The van der Waals surface area contributed by atoms with Crippen molar-refractivity contribution in [2.75, 3.05) is 10.2 Å². The number of carbonyl (C=O) groups is 2. The van der Waals surface area contributed by atoms with Gasteiger partial charge >= 0.3 is 0 Å². The van der Waals surface area contributed by atoms with E-state index in [4.69, 9.17) is 12.2 Å². The Morgan fingerprint density at radius 1 is 1.09 bits per heavy atom. The second-order valence-electron chi connectivity index (χ2n) is 8.82. The summed E-state index contributed by atoms with van der Waals surface area (Å²) in [6.45, 7) is 8.26.